The van der Waals surface area contributed by atoms with E-state index in [1.165, 1.54) is 0 Å². The number of pyridine rings is 2. The molecule has 0 aliphatic heterocycles. The van der Waals surface area contributed by atoms with Gasteiger partial charge in [0.1, 0.15) is 11.6 Å². The van der Waals surface area contributed by atoms with Crippen LogP contribution in [0.5, 0.6) is 0 Å². The van der Waals surface area contributed by atoms with Crippen molar-refractivity contribution >= 4 is 16.9 Å². The van der Waals surface area contributed by atoms with E-state index in [2.05, 4.69) is 34.6 Å². The van der Waals surface area contributed by atoms with Gasteiger partial charge in [-0.2, -0.15) is 5.10 Å². The quantitative estimate of drug-likeness (QED) is 0.493. The number of rotatable bonds is 8. The van der Waals surface area contributed by atoms with Gasteiger partial charge in [-0.3, -0.25) is 9.67 Å². The standard InChI is InChI=1S/C22H29N7O/c1-22(2,14-30-5)17(10-23)9-21(24-3)28-20-7-6-18-19(27-20)8-15(11-25-18)16-12-26-29(4)13-16/h6-13,24H,14,23H2,1-5H3,(H,27,28). The van der Waals surface area contributed by atoms with Crippen LogP contribution in [0.15, 0.2) is 60.5 Å². The van der Waals surface area contributed by atoms with E-state index >= 15 is 0 Å². The molecule has 0 unspecified atom stereocenters. The molecule has 0 spiro atoms. The van der Waals surface area contributed by atoms with Gasteiger partial charge in [0, 0.05) is 50.1 Å². The molecule has 0 aliphatic carbocycles. The topological polar surface area (TPSA) is 103 Å². The fraction of sp³-hybridized carbons (Fsp3) is 0.318. The van der Waals surface area contributed by atoms with Gasteiger partial charge in [-0.05, 0) is 36.0 Å². The Balaban J connectivity index is 1.89. The largest absolute Gasteiger partial charge is 0.404 e. The van der Waals surface area contributed by atoms with E-state index < -0.39 is 0 Å². The minimum absolute atomic E-state index is 0.230. The number of nitrogens with zero attached hydrogens (tertiary/aromatic N) is 4. The molecule has 3 heterocycles. The van der Waals surface area contributed by atoms with Gasteiger partial charge in [0.05, 0.1) is 23.8 Å². The van der Waals surface area contributed by atoms with Gasteiger partial charge >= 0.3 is 0 Å². The molecule has 0 saturated carbocycles. The molecule has 8 nitrogen and oxygen atoms in total. The summed E-state index contributed by atoms with van der Waals surface area (Å²) in [7, 11) is 5.42. The van der Waals surface area contributed by atoms with E-state index in [0.717, 1.165) is 33.6 Å². The number of methoxy groups -OCH3 is 1. The molecule has 0 atom stereocenters. The maximum absolute atomic E-state index is 5.89. The first-order chi connectivity index (χ1) is 14.4. The zero-order valence-corrected chi connectivity index (χ0v) is 18.1. The molecule has 3 aromatic rings. The summed E-state index contributed by atoms with van der Waals surface area (Å²) in [6.07, 6.45) is 9.18. The van der Waals surface area contributed by atoms with E-state index in [1.54, 1.807) is 18.0 Å². The zero-order chi connectivity index (χ0) is 21.7. The van der Waals surface area contributed by atoms with Gasteiger partial charge in [0.15, 0.2) is 0 Å². The normalized spacial score (nSPS) is 13.0. The number of nitrogens with one attached hydrogen (secondary N) is 2. The summed E-state index contributed by atoms with van der Waals surface area (Å²) >= 11 is 0. The number of allylic oxidation sites excluding steroid dienone is 1. The predicted molar refractivity (Wildman–Crippen MR) is 120 cm³/mol. The second-order valence-corrected chi connectivity index (χ2v) is 7.73. The second kappa shape index (κ2) is 8.96. The first-order valence-corrected chi connectivity index (χ1v) is 9.70. The average Bonchev–Trinajstić information content (AvgIpc) is 3.16. The number of fused-ring (bicyclic) bond motifs is 1. The first-order valence-electron chi connectivity index (χ1n) is 9.70. The number of anilines is 1. The van der Waals surface area contributed by atoms with Gasteiger partial charge in [0.2, 0.25) is 0 Å². The fourth-order valence-electron chi connectivity index (χ4n) is 3.18. The monoisotopic (exact) mass is 407 g/mol. The Kier molecular flexibility index (Phi) is 6.37. The molecule has 158 valence electrons. The molecule has 0 amide bonds. The SMILES string of the molecule is CNC(=CC(=CN)C(C)(C)COC)Nc1ccc2ncc(-c3cnn(C)c3)cc2n1. The van der Waals surface area contributed by atoms with Crippen LogP contribution >= 0.6 is 0 Å². The lowest BCUT2D eigenvalue weighted by Crippen LogP contribution is -2.24. The van der Waals surface area contributed by atoms with Crippen molar-refractivity contribution in [2.75, 3.05) is 26.1 Å². The highest BCUT2D eigenvalue weighted by molar-refractivity contribution is 5.81. The summed E-state index contributed by atoms with van der Waals surface area (Å²) < 4.78 is 7.09. The van der Waals surface area contributed by atoms with Crippen molar-refractivity contribution < 1.29 is 4.74 Å². The maximum Gasteiger partial charge on any atom is 0.132 e. The highest BCUT2D eigenvalue weighted by Gasteiger charge is 2.22. The van der Waals surface area contributed by atoms with Crippen LogP contribution in [-0.2, 0) is 11.8 Å². The summed E-state index contributed by atoms with van der Waals surface area (Å²) in [5.41, 5.74) is 10.2. The molecule has 0 radical (unpaired) electrons. The van der Waals surface area contributed by atoms with Gasteiger partial charge in [-0.1, -0.05) is 13.8 Å². The number of hydrogen-bond donors (Lipinski definition) is 3. The van der Waals surface area contributed by atoms with Crippen molar-refractivity contribution in [2.24, 2.45) is 18.2 Å². The van der Waals surface area contributed by atoms with Gasteiger partial charge < -0.3 is 21.1 Å². The van der Waals surface area contributed by atoms with Crippen LogP contribution in [0, 0.1) is 5.41 Å². The lowest BCUT2D eigenvalue weighted by atomic mass is 9.85. The molecule has 3 rings (SSSR count). The summed E-state index contributed by atoms with van der Waals surface area (Å²) in [6, 6.07) is 5.86. The van der Waals surface area contributed by atoms with Gasteiger partial charge in [-0.15, -0.1) is 0 Å². The molecule has 0 saturated heterocycles. The van der Waals surface area contributed by atoms with Crippen molar-refractivity contribution in [1.82, 2.24) is 25.1 Å². The zero-order valence-electron chi connectivity index (χ0n) is 18.1. The van der Waals surface area contributed by atoms with E-state index in [4.69, 9.17) is 15.5 Å². The molecule has 30 heavy (non-hydrogen) atoms. The first kappa shape index (κ1) is 21.3. The summed E-state index contributed by atoms with van der Waals surface area (Å²) in [5, 5.41) is 10.7. The molecular weight excluding hydrogens is 378 g/mol. The maximum atomic E-state index is 5.89. The summed E-state index contributed by atoms with van der Waals surface area (Å²) in [6.45, 7) is 4.72. The fourth-order valence-corrected chi connectivity index (χ4v) is 3.18. The number of ether oxygens (including phenoxy) is 1. The predicted octanol–water partition coefficient (Wildman–Crippen LogP) is 3.02. The highest BCUT2D eigenvalue weighted by atomic mass is 16.5. The summed E-state index contributed by atoms with van der Waals surface area (Å²) in [4.78, 5) is 9.26. The molecular formula is C22H29N7O. The third-order valence-corrected chi connectivity index (χ3v) is 4.87. The Bertz CT molecular complexity index is 1080. The molecule has 3 aromatic heterocycles. The van der Waals surface area contributed by atoms with E-state index in [0.29, 0.717) is 12.4 Å². The average molecular weight is 408 g/mol. The van der Waals surface area contributed by atoms with Gasteiger partial charge in [-0.25, -0.2) is 4.98 Å². The molecule has 4 N–H and O–H groups in total. The number of hydrogen-bond acceptors (Lipinski definition) is 7. The third-order valence-electron chi connectivity index (χ3n) is 4.87. The van der Waals surface area contributed by atoms with Gasteiger partial charge in [0.25, 0.3) is 0 Å². The molecule has 0 fully saturated rings. The number of aryl methyl sites for hydroxylation is 1. The lowest BCUT2D eigenvalue weighted by molar-refractivity contribution is 0.128. The van der Waals surface area contributed by atoms with Crippen LogP contribution in [-0.4, -0.2) is 40.5 Å². The van der Waals surface area contributed by atoms with Crippen molar-refractivity contribution in [3.63, 3.8) is 0 Å². The van der Waals surface area contributed by atoms with Crippen molar-refractivity contribution in [3.8, 4) is 11.1 Å². The number of aromatic nitrogens is 4. The molecule has 8 heteroatoms. The molecule has 0 aromatic carbocycles. The Morgan fingerprint density at radius 1 is 1.23 bits per heavy atom. The third kappa shape index (κ3) is 4.77. The van der Waals surface area contributed by atoms with Crippen LogP contribution in [0.4, 0.5) is 5.82 Å². The molecule has 0 bridgehead atoms. The minimum atomic E-state index is -0.230. The van der Waals surface area contributed by atoms with Crippen LogP contribution in [0.1, 0.15) is 13.8 Å². The molecule has 0 aliphatic rings. The Morgan fingerprint density at radius 3 is 2.67 bits per heavy atom. The lowest BCUT2D eigenvalue weighted by Gasteiger charge is -2.25. The van der Waals surface area contributed by atoms with Crippen LogP contribution < -0.4 is 16.4 Å². The van der Waals surface area contributed by atoms with Crippen molar-refractivity contribution in [3.05, 3.63) is 60.5 Å². The van der Waals surface area contributed by atoms with E-state index in [9.17, 15) is 0 Å². The van der Waals surface area contributed by atoms with Crippen LogP contribution in [0.3, 0.4) is 0 Å². The highest BCUT2D eigenvalue weighted by Crippen LogP contribution is 2.28. The minimum Gasteiger partial charge on any atom is -0.404 e. The smallest absolute Gasteiger partial charge is 0.132 e. The van der Waals surface area contributed by atoms with Crippen molar-refractivity contribution in [2.45, 2.75) is 13.8 Å². The van der Waals surface area contributed by atoms with E-state index in [-0.39, 0.29) is 5.41 Å². The second-order valence-electron chi connectivity index (χ2n) is 7.73. The Morgan fingerprint density at radius 2 is 2.03 bits per heavy atom. The Hall–Kier alpha value is -3.39. The van der Waals surface area contributed by atoms with E-state index in [1.807, 2.05) is 57.0 Å². The number of nitrogens with two attached hydrogens (primary N) is 1. The van der Waals surface area contributed by atoms with Crippen molar-refractivity contribution in [1.29, 1.82) is 0 Å². The van der Waals surface area contributed by atoms with Crippen LogP contribution in [0.2, 0.25) is 0 Å². The Labute approximate surface area is 176 Å². The summed E-state index contributed by atoms with van der Waals surface area (Å²) in [5.74, 6) is 1.48. The van der Waals surface area contributed by atoms with Crippen LogP contribution in [0.25, 0.3) is 22.2 Å².